The number of H-pyrrole nitrogens is 1. The van der Waals surface area contributed by atoms with E-state index in [1.54, 1.807) is 12.1 Å². The Bertz CT molecular complexity index is 1110. The third-order valence-corrected chi connectivity index (χ3v) is 6.98. The highest BCUT2D eigenvalue weighted by molar-refractivity contribution is 5.94. The molecule has 1 aliphatic rings. The molecule has 0 spiro atoms. The molecule has 1 aliphatic heterocycles. The smallest absolute Gasteiger partial charge is 0.326 e. The van der Waals surface area contributed by atoms with Crippen molar-refractivity contribution >= 4 is 23.7 Å². The van der Waals surface area contributed by atoms with Crippen molar-refractivity contribution in [3.63, 3.8) is 0 Å². The van der Waals surface area contributed by atoms with Gasteiger partial charge in [0.25, 0.3) is 0 Å². The minimum absolute atomic E-state index is 0.0284. The van der Waals surface area contributed by atoms with Crippen molar-refractivity contribution in [2.45, 2.75) is 70.1 Å². The largest absolute Gasteiger partial charge is 0.508 e. The van der Waals surface area contributed by atoms with Crippen LogP contribution in [0.3, 0.4) is 0 Å². The maximum atomic E-state index is 13.4. The molecule has 1 fully saturated rings. The standard InChI is InChI=1S/C26H36N6O6/c1-3-15(2)22(27)25(36)32-10-4-5-21(32)24(35)30-19(11-16-6-8-18(33)9-7-16)23(34)31-20(26(37)38)12-17-13-28-14-29-17/h6-9,13-15,19-22,33H,3-5,10-12,27H2,1-2H3,(H,28,29)(H,30,35)(H,31,34)(H,37,38). The van der Waals surface area contributed by atoms with Gasteiger partial charge in [-0.3, -0.25) is 14.4 Å². The summed E-state index contributed by atoms with van der Waals surface area (Å²) in [5.41, 5.74) is 7.31. The van der Waals surface area contributed by atoms with Crippen LogP contribution in [0.5, 0.6) is 5.75 Å². The van der Waals surface area contributed by atoms with Crippen LogP contribution in [0, 0.1) is 5.92 Å². The summed E-state index contributed by atoms with van der Waals surface area (Å²) in [5, 5.41) is 24.5. The van der Waals surface area contributed by atoms with E-state index in [2.05, 4.69) is 20.6 Å². The van der Waals surface area contributed by atoms with E-state index in [4.69, 9.17) is 5.73 Å². The van der Waals surface area contributed by atoms with Crippen molar-refractivity contribution in [1.82, 2.24) is 25.5 Å². The Balaban J connectivity index is 1.78. The van der Waals surface area contributed by atoms with E-state index in [0.29, 0.717) is 30.6 Å². The molecule has 0 saturated carbocycles. The average Bonchev–Trinajstić information content (AvgIpc) is 3.60. The number of nitrogens with one attached hydrogen (secondary N) is 3. The number of carboxylic acid groups (broad SMARTS) is 1. The Labute approximate surface area is 221 Å². The number of nitrogens with zero attached hydrogens (tertiary/aromatic N) is 2. The summed E-state index contributed by atoms with van der Waals surface area (Å²) in [4.78, 5) is 59.7. The zero-order chi connectivity index (χ0) is 27.8. The molecule has 0 radical (unpaired) electrons. The van der Waals surface area contributed by atoms with Gasteiger partial charge in [-0.05, 0) is 36.5 Å². The number of carbonyl (C=O) groups excluding carboxylic acids is 3. The van der Waals surface area contributed by atoms with Gasteiger partial charge in [-0.1, -0.05) is 32.4 Å². The number of phenolic OH excluding ortho intramolecular Hbond substituents is 1. The summed E-state index contributed by atoms with van der Waals surface area (Å²) in [6.07, 6.45) is 4.66. The first-order valence-electron chi connectivity index (χ1n) is 12.8. The fourth-order valence-electron chi connectivity index (χ4n) is 4.43. The number of phenols is 1. The molecule has 7 N–H and O–H groups in total. The number of aromatic nitrogens is 2. The van der Waals surface area contributed by atoms with Crippen molar-refractivity contribution < 1.29 is 29.4 Å². The van der Waals surface area contributed by atoms with Gasteiger partial charge in [0, 0.05) is 31.3 Å². The monoisotopic (exact) mass is 528 g/mol. The molecule has 12 heteroatoms. The number of carboxylic acids is 1. The molecule has 1 aromatic heterocycles. The predicted molar refractivity (Wildman–Crippen MR) is 138 cm³/mol. The second-order valence-electron chi connectivity index (χ2n) is 9.71. The van der Waals surface area contributed by atoms with Gasteiger partial charge in [0.2, 0.25) is 17.7 Å². The zero-order valence-electron chi connectivity index (χ0n) is 21.6. The normalized spacial score (nSPS) is 18.3. The van der Waals surface area contributed by atoms with Gasteiger partial charge in [-0.2, -0.15) is 0 Å². The first kappa shape index (κ1) is 28.6. The van der Waals surface area contributed by atoms with E-state index >= 15 is 0 Å². The first-order chi connectivity index (χ1) is 18.1. The second-order valence-corrected chi connectivity index (χ2v) is 9.71. The van der Waals surface area contributed by atoms with Crippen LogP contribution in [-0.4, -0.2) is 79.5 Å². The van der Waals surface area contributed by atoms with E-state index in [-0.39, 0.29) is 30.4 Å². The molecule has 5 unspecified atom stereocenters. The van der Waals surface area contributed by atoms with Crippen LogP contribution in [0.1, 0.15) is 44.4 Å². The van der Waals surface area contributed by atoms with E-state index in [0.717, 1.165) is 6.42 Å². The highest BCUT2D eigenvalue weighted by Crippen LogP contribution is 2.21. The number of rotatable bonds is 12. The number of carbonyl (C=O) groups is 4. The summed E-state index contributed by atoms with van der Waals surface area (Å²) in [5.74, 6) is -2.75. The third kappa shape index (κ3) is 7.31. The molecule has 2 heterocycles. The Morgan fingerprint density at radius 3 is 2.47 bits per heavy atom. The summed E-state index contributed by atoms with van der Waals surface area (Å²) in [6.45, 7) is 4.21. The molecule has 5 atom stereocenters. The highest BCUT2D eigenvalue weighted by Gasteiger charge is 2.38. The summed E-state index contributed by atoms with van der Waals surface area (Å²) < 4.78 is 0. The SMILES string of the molecule is CCC(C)C(N)C(=O)N1CCCC1C(=O)NC(Cc1ccc(O)cc1)C(=O)NC(Cc1cnc[nH]1)C(=O)O. The predicted octanol–water partition coefficient (Wildman–Crippen LogP) is 0.319. The number of hydrogen-bond donors (Lipinski definition) is 6. The third-order valence-electron chi connectivity index (χ3n) is 6.98. The quantitative estimate of drug-likeness (QED) is 0.227. The number of aromatic hydroxyl groups is 1. The second kappa shape index (κ2) is 13.0. The molecule has 1 aromatic carbocycles. The zero-order valence-corrected chi connectivity index (χ0v) is 21.6. The molecular formula is C26H36N6O6. The van der Waals surface area contributed by atoms with E-state index in [1.807, 2.05) is 13.8 Å². The number of benzene rings is 1. The molecule has 1 saturated heterocycles. The molecule has 12 nitrogen and oxygen atoms in total. The van der Waals surface area contributed by atoms with Crippen LogP contribution in [0.25, 0.3) is 0 Å². The lowest BCUT2D eigenvalue weighted by Gasteiger charge is -2.30. The number of aromatic amines is 1. The van der Waals surface area contributed by atoms with Crippen molar-refractivity contribution in [2.24, 2.45) is 11.7 Å². The Hall–Kier alpha value is -3.93. The van der Waals surface area contributed by atoms with Crippen molar-refractivity contribution in [2.75, 3.05) is 6.54 Å². The lowest BCUT2D eigenvalue weighted by Crippen LogP contribution is -2.57. The van der Waals surface area contributed by atoms with Gasteiger partial charge >= 0.3 is 5.97 Å². The Kier molecular flexibility index (Phi) is 9.83. The van der Waals surface area contributed by atoms with Gasteiger partial charge in [-0.25, -0.2) is 9.78 Å². The van der Waals surface area contributed by atoms with Crippen LogP contribution in [0.4, 0.5) is 0 Å². The van der Waals surface area contributed by atoms with Crippen LogP contribution in [-0.2, 0) is 32.0 Å². The fraction of sp³-hybridized carbons (Fsp3) is 0.500. The number of imidazole rings is 1. The van der Waals surface area contributed by atoms with Gasteiger partial charge in [0.1, 0.15) is 23.9 Å². The number of amides is 3. The first-order valence-corrected chi connectivity index (χ1v) is 12.8. The lowest BCUT2D eigenvalue weighted by atomic mass is 9.98. The Morgan fingerprint density at radius 2 is 1.87 bits per heavy atom. The van der Waals surface area contributed by atoms with Crippen molar-refractivity contribution in [3.05, 3.63) is 48.0 Å². The molecule has 206 valence electrons. The minimum atomic E-state index is -1.26. The number of nitrogens with two attached hydrogens (primary N) is 1. The molecule has 3 amide bonds. The Morgan fingerprint density at radius 1 is 1.16 bits per heavy atom. The van der Waals surface area contributed by atoms with Gasteiger partial charge < -0.3 is 36.5 Å². The van der Waals surface area contributed by atoms with Gasteiger partial charge in [0.05, 0.1) is 12.4 Å². The van der Waals surface area contributed by atoms with E-state index in [9.17, 15) is 29.4 Å². The van der Waals surface area contributed by atoms with Crippen LogP contribution in [0.15, 0.2) is 36.8 Å². The summed E-state index contributed by atoms with van der Waals surface area (Å²) >= 11 is 0. The number of likely N-dealkylation sites (tertiary alicyclic amines) is 1. The highest BCUT2D eigenvalue weighted by atomic mass is 16.4. The van der Waals surface area contributed by atoms with Crippen molar-refractivity contribution in [1.29, 1.82) is 0 Å². The van der Waals surface area contributed by atoms with Crippen LogP contribution >= 0.6 is 0 Å². The van der Waals surface area contributed by atoms with Gasteiger partial charge in [0.15, 0.2) is 0 Å². The summed E-state index contributed by atoms with van der Waals surface area (Å²) in [6, 6.07) is 2.22. The van der Waals surface area contributed by atoms with Crippen LogP contribution in [0.2, 0.25) is 0 Å². The summed E-state index contributed by atoms with van der Waals surface area (Å²) in [7, 11) is 0. The maximum absolute atomic E-state index is 13.4. The number of aliphatic carboxylic acids is 1. The van der Waals surface area contributed by atoms with E-state index in [1.165, 1.54) is 29.6 Å². The van der Waals surface area contributed by atoms with Crippen LogP contribution < -0.4 is 16.4 Å². The topological polar surface area (TPSA) is 191 Å². The fourth-order valence-corrected chi connectivity index (χ4v) is 4.43. The average molecular weight is 529 g/mol. The molecule has 0 bridgehead atoms. The van der Waals surface area contributed by atoms with E-state index < -0.39 is 42.0 Å². The number of hydrogen-bond acceptors (Lipinski definition) is 7. The molecule has 38 heavy (non-hydrogen) atoms. The van der Waals surface area contributed by atoms with Gasteiger partial charge in [-0.15, -0.1) is 0 Å². The molecule has 0 aliphatic carbocycles. The lowest BCUT2D eigenvalue weighted by molar-refractivity contribution is -0.143. The molecule has 2 aromatic rings. The minimum Gasteiger partial charge on any atom is -0.508 e. The molecule has 3 rings (SSSR count). The van der Waals surface area contributed by atoms with Crippen molar-refractivity contribution in [3.8, 4) is 5.75 Å². The molecular weight excluding hydrogens is 492 g/mol. The maximum Gasteiger partial charge on any atom is 0.326 e.